The first kappa shape index (κ1) is 14.1. The van der Waals surface area contributed by atoms with Gasteiger partial charge in [-0.2, -0.15) is 5.11 Å². The third-order valence-corrected chi connectivity index (χ3v) is 1.73. The molecule has 1 aromatic carbocycles. The summed E-state index contributed by atoms with van der Waals surface area (Å²) in [4.78, 5) is 10.4. The predicted molar refractivity (Wildman–Crippen MR) is 60.7 cm³/mol. The second-order valence-electron chi connectivity index (χ2n) is 2.95. The first-order valence-electron chi connectivity index (χ1n) is 4.63. The molecule has 6 nitrogen and oxygen atoms in total. The molecule has 0 unspecified atom stereocenters. The van der Waals surface area contributed by atoms with Crippen LogP contribution in [0.4, 0.5) is 0 Å². The second kappa shape index (κ2) is 8.37. The fourth-order valence-corrected chi connectivity index (χ4v) is 0.955. The average molecular weight is 224 g/mol. The topological polar surface area (TPSA) is 114 Å². The Hall–Kier alpha value is -1.95. The number of aliphatic carboxylic acids is 1. The zero-order chi connectivity index (χ0) is 12.4. The maximum atomic E-state index is 10.4. The van der Waals surface area contributed by atoms with Crippen molar-refractivity contribution in [1.29, 1.82) is 0 Å². The number of carbonyl (C=O) groups is 1. The molecule has 16 heavy (non-hydrogen) atoms. The quantitative estimate of drug-likeness (QED) is 0.396. The largest absolute Gasteiger partial charge is 0.480 e. The minimum atomic E-state index is -0.959. The van der Waals surface area contributed by atoms with E-state index in [-0.39, 0.29) is 0 Å². The average Bonchev–Trinajstić information content (AvgIpc) is 2.30. The van der Waals surface area contributed by atoms with Crippen molar-refractivity contribution in [3.8, 4) is 0 Å². The van der Waals surface area contributed by atoms with Gasteiger partial charge in [0.25, 0.3) is 0 Å². The summed E-state index contributed by atoms with van der Waals surface area (Å²) in [6.07, 6.45) is 0.385. The Morgan fingerprint density at radius 1 is 1.44 bits per heavy atom. The molecule has 0 heterocycles. The van der Waals surface area contributed by atoms with Crippen molar-refractivity contribution in [2.45, 2.75) is 12.5 Å². The Balaban J connectivity index is 0.000000487. The first-order valence-corrected chi connectivity index (χ1v) is 4.63. The van der Waals surface area contributed by atoms with Gasteiger partial charge in [0.2, 0.25) is 0 Å². The Kier molecular flexibility index (Phi) is 7.35. The summed E-state index contributed by atoms with van der Waals surface area (Å²) in [5.74, 6) is 3.53. The summed E-state index contributed by atoms with van der Waals surface area (Å²) in [5, 5.41) is 14.5. The summed E-state index contributed by atoms with van der Waals surface area (Å²) < 4.78 is 0. The van der Waals surface area contributed by atoms with Crippen LogP contribution >= 0.6 is 0 Å². The molecule has 0 aliphatic carbocycles. The van der Waals surface area contributed by atoms with Crippen LogP contribution in [-0.2, 0) is 11.2 Å². The SMILES string of the molecule is CN=NN.N[C@@H](Cc1ccccc1)C(=O)O. The monoisotopic (exact) mass is 224 g/mol. The van der Waals surface area contributed by atoms with Crippen molar-refractivity contribution in [3.63, 3.8) is 0 Å². The van der Waals surface area contributed by atoms with Gasteiger partial charge in [-0.15, -0.1) is 0 Å². The van der Waals surface area contributed by atoms with E-state index in [0.29, 0.717) is 6.42 Å². The lowest BCUT2D eigenvalue weighted by Crippen LogP contribution is -2.32. The van der Waals surface area contributed by atoms with Gasteiger partial charge in [-0.1, -0.05) is 35.6 Å². The highest BCUT2D eigenvalue weighted by molar-refractivity contribution is 5.73. The molecule has 0 saturated carbocycles. The highest BCUT2D eigenvalue weighted by Crippen LogP contribution is 2.01. The molecule has 0 radical (unpaired) electrons. The van der Waals surface area contributed by atoms with Gasteiger partial charge in [0.05, 0.1) is 7.05 Å². The molecule has 6 heteroatoms. The highest BCUT2D eigenvalue weighted by Gasteiger charge is 2.10. The van der Waals surface area contributed by atoms with Gasteiger partial charge in [-0.25, -0.2) is 0 Å². The summed E-state index contributed by atoms with van der Waals surface area (Å²) in [6.45, 7) is 0. The standard InChI is InChI=1S/C9H11NO2.CH5N3/c10-8(9(11)12)6-7-4-2-1-3-5-7;1-3-4-2/h1-5,8H,6,10H2,(H,11,12);1H3,(H2,2,3)/t8-;/m0./s1. The van der Waals surface area contributed by atoms with Crippen LogP contribution in [0.5, 0.6) is 0 Å². The molecule has 0 aliphatic heterocycles. The molecule has 0 aliphatic rings. The molecule has 1 rings (SSSR count). The number of nitrogens with zero attached hydrogens (tertiary/aromatic N) is 2. The lowest BCUT2D eigenvalue weighted by atomic mass is 10.1. The van der Waals surface area contributed by atoms with Crippen LogP contribution in [0.2, 0.25) is 0 Å². The smallest absolute Gasteiger partial charge is 0.320 e. The van der Waals surface area contributed by atoms with Crippen LogP contribution in [0.3, 0.4) is 0 Å². The predicted octanol–water partition coefficient (Wildman–Crippen LogP) is 0.583. The van der Waals surface area contributed by atoms with Crippen LogP contribution < -0.4 is 11.6 Å². The number of carboxylic acid groups (broad SMARTS) is 1. The molecular weight excluding hydrogens is 208 g/mol. The molecule has 88 valence electrons. The first-order chi connectivity index (χ1) is 7.61. The molecule has 0 amide bonds. The minimum Gasteiger partial charge on any atom is -0.480 e. The maximum absolute atomic E-state index is 10.4. The van der Waals surface area contributed by atoms with Crippen LogP contribution in [0, 0.1) is 0 Å². The van der Waals surface area contributed by atoms with E-state index in [1.165, 1.54) is 7.05 Å². The summed E-state index contributed by atoms with van der Waals surface area (Å²) in [5.41, 5.74) is 6.30. The van der Waals surface area contributed by atoms with Gasteiger partial charge in [-0.3, -0.25) is 4.79 Å². The second-order valence-corrected chi connectivity index (χ2v) is 2.95. The Labute approximate surface area is 93.9 Å². The van der Waals surface area contributed by atoms with E-state index in [1.807, 2.05) is 30.3 Å². The van der Waals surface area contributed by atoms with Crippen molar-refractivity contribution in [2.75, 3.05) is 7.05 Å². The van der Waals surface area contributed by atoms with Crippen molar-refractivity contribution in [3.05, 3.63) is 35.9 Å². The number of hydrogen-bond acceptors (Lipinski definition) is 4. The van der Waals surface area contributed by atoms with Gasteiger partial charge >= 0.3 is 5.97 Å². The third-order valence-electron chi connectivity index (χ3n) is 1.73. The van der Waals surface area contributed by atoms with E-state index < -0.39 is 12.0 Å². The van der Waals surface area contributed by atoms with Crippen LogP contribution in [0.1, 0.15) is 5.56 Å². The van der Waals surface area contributed by atoms with Crippen molar-refractivity contribution in [1.82, 2.24) is 0 Å². The summed E-state index contributed by atoms with van der Waals surface area (Å²) >= 11 is 0. The van der Waals surface area contributed by atoms with Crippen molar-refractivity contribution in [2.24, 2.45) is 21.9 Å². The summed E-state index contributed by atoms with van der Waals surface area (Å²) in [6, 6.07) is 8.54. The van der Waals surface area contributed by atoms with Gasteiger partial charge in [-0.05, 0) is 12.0 Å². The number of rotatable bonds is 3. The van der Waals surface area contributed by atoms with E-state index in [2.05, 4.69) is 16.2 Å². The lowest BCUT2D eigenvalue weighted by Gasteiger charge is -2.04. The van der Waals surface area contributed by atoms with E-state index in [4.69, 9.17) is 10.8 Å². The van der Waals surface area contributed by atoms with Gasteiger partial charge in [0.15, 0.2) is 0 Å². The molecular formula is C10H16N4O2. The van der Waals surface area contributed by atoms with Gasteiger partial charge in [0, 0.05) is 0 Å². The summed E-state index contributed by atoms with van der Waals surface area (Å²) in [7, 11) is 1.51. The molecule has 0 saturated heterocycles. The normalized spacial score (nSPS) is 11.6. The molecule has 1 atom stereocenters. The molecule has 0 bridgehead atoms. The fraction of sp³-hybridized carbons (Fsp3) is 0.300. The lowest BCUT2D eigenvalue weighted by molar-refractivity contribution is -0.138. The van der Waals surface area contributed by atoms with Crippen LogP contribution in [0.15, 0.2) is 40.7 Å². The van der Waals surface area contributed by atoms with E-state index in [1.54, 1.807) is 0 Å². The highest BCUT2D eigenvalue weighted by atomic mass is 16.4. The molecule has 0 fully saturated rings. The maximum Gasteiger partial charge on any atom is 0.320 e. The van der Waals surface area contributed by atoms with E-state index in [0.717, 1.165) is 5.56 Å². The van der Waals surface area contributed by atoms with E-state index >= 15 is 0 Å². The third kappa shape index (κ3) is 6.50. The van der Waals surface area contributed by atoms with Crippen molar-refractivity contribution < 1.29 is 9.90 Å². The Morgan fingerprint density at radius 2 is 1.94 bits per heavy atom. The Bertz CT molecular complexity index is 323. The zero-order valence-corrected chi connectivity index (χ0v) is 9.08. The fourth-order valence-electron chi connectivity index (χ4n) is 0.955. The molecule has 1 aromatic rings. The van der Waals surface area contributed by atoms with Gasteiger partial charge < -0.3 is 16.7 Å². The number of nitrogens with two attached hydrogens (primary N) is 2. The Morgan fingerprint density at radius 3 is 2.31 bits per heavy atom. The zero-order valence-electron chi connectivity index (χ0n) is 9.08. The number of benzene rings is 1. The van der Waals surface area contributed by atoms with Crippen LogP contribution in [-0.4, -0.2) is 24.2 Å². The van der Waals surface area contributed by atoms with E-state index in [9.17, 15) is 4.79 Å². The van der Waals surface area contributed by atoms with Gasteiger partial charge in [0.1, 0.15) is 6.04 Å². The molecule has 0 spiro atoms. The van der Waals surface area contributed by atoms with Crippen molar-refractivity contribution >= 4 is 5.97 Å². The number of hydrogen-bond donors (Lipinski definition) is 3. The van der Waals surface area contributed by atoms with Crippen LogP contribution in [0.25, 0.3) is 0 Å². The minimum absolute atomic E-state index is 0.385. The number of carboxylic acids is 1. The molecule has 5 N–H and O–H groups in total. The molecule has 0 aromatic heterocycles.